The molecule has 1 saturated heterocycles. The van der Waals surface area contributed by atoms with E-state index < -0.39 is 17.3 Å². The quantitative estimate of drug-likeness (QED) is 0.552. The van der Waals surface area contributed by atoms with Crippen molar-refractivity contribution in [3.8, 4) is 5.75 Å². The summed E-state index contributed by atoms with van der Waals surface area (Å²) in [5, 5.41) is 0. The minimum absolute atomic E-state index is 0.108. The number of hydrogen-bond acceptors (Lipinski definition) is 3. The van der Waals surface area contributed by atoms with Crippen LogP contribution in [0.4, 0.5) is 5.69 Å². The van der Waals surface area contributed by atoms with Crippen LogP contribution < -0.4 is 9.64 Å². The lowest BCUT2D eigenvalue weighted by Crippen LogP contribution is -2.53. The number of hydrogen-bond donors (Lipinski definition) is 0. The van der Waals surface area contributed by atoms with E-state index >= 15 is 0 Å². The maximum atomic E-state index is 14.1. The number of amides is 2. The minimum Gasteiger partial charge on any atom is -0.492 e. The number of ether oxygens (including phenoxy) is 1. The van der Waals surface area contributed by atoms with E-state index in [1.807, 2.05) is 43.3 Å². The fourth-order valence-corrected chi connectivity index (χ4v) is 6.69. The summed E-state index contributed by atoms with van der Waals surface area (Å²) in [6.07, 6.45) is 0.759. The third kappa shape index (κ3) is 2.17. The van der Waals surface area contributed by atoms with Gasteiger partial charge in [-0.25, -0.2) is 4.90 Å². The molecule has 2 bridgehead atoms. The fourth-order valence-electron chi connectivity index (χ4n) is 6.69. The molecule has 160 valence electrons. The number of nitrogens with zero attached hydrogens (tertiary/aromatic N) is 1. The van der Waals surface area contributed by atoms with Crippen molar-refractivity contribution in [3.05, 3.63) is 95.1 Å². The Balaban J connectivity index is 1.61. The zero-order valence-electron chi connectivity index (χ0n) is 18.2. The predicted octanol–water partition coefficient (Wildman–Crippen LogP) is 5.05. The van der Waals surface area contributed by atoms with Gasteiger partial charge in [0.15, 0.2) is 0 Å². The van der Waals surface area contributed by atoms with Crippen molar-refractivity contribution in [2.24, 2.45) is 11.8 Å². The number of rotatable bonds is 4. The molecule has 4 heteroatoms. The molecule has 1 fully saturated rings. The van der Waals surface area contributed by atoms with Crippen molar-refractivity contribution in [2.75, 3.05) is 11.5 Å². The molecule has 0 N–H and O–H groups in total. The van der Waals surface area contributed by atoms with Crippen LogP contribution in [-0.4, -0.2) is 18.4 Å². The highest BCUT2D eigenvalue weighted by Gasteiger charge is 2.67. The first-order chi connectivity index (χ1) is 15.6. The van der Waals surface area contributed by atoms with Gasteiger partial charge in [-0.3, -0.25) is 9.59 Å². The van der Waals surface area contributed by atoms with E-state index in [9.17, 15) is 9.59 Å². The van der Waals surface area contributed by atoms with E-state index in [2.05, 4.69) is 43.3 Å². The molecular formula is C28H25NO3. The Morgan fingerprint density at radius 3 is 2.03 bits per heavy atom. The summed E-state index contributed by atoms with van der Waals surface area (Å²) < 4.78 is 5.80. The highest BCUT2D eigenvalue weighted by atomic mass is 16.5. The van der Waals surface area contributed by atoms with Crippen LogP contribution in [-0.2, 0) is 15.0 Å². The molecule has 4 aliphatic rings. The van der Waals surface area contributed by atoms with E-state index in [0.29, 0.717) is 18.0 Å². The molecule has 1 aliphatic heterocycles. The number of imide groups is 1. The first kappa shape index (κ1) is 19.3. The number of benzene rings is 3. The predicted molar refractivity (Wildman–Crippen MR) is 123 cm³/mol. The minimum atomic E-state index is -0.505. The van der Waals surface area contributed by atoms with Gasteiger partial charge >= 0.3 is 0 Å². The summed E-state index contributed by atoms with van der Waals surface area (Å²) in [6.45, 7) is 4.52. The van der Waals surface area contributed by atoms with Gasteiger partial charge < -0.3 is 4.74 Å². The molecular weight excluding hydrogens is 398 g/mol. The maximum Gasteiger partial charge on any atom is 0.239 e. The van der Waals surface area contributed by atoms with Gasteiger partial charge in [0.2, 0.25) is 11.8 Å². The second kappa shape index (κ2) is 6.80. The molecule has 3 aromatic carbocycles. The van der Waals surface area contributed by atoms with E-state index in [1.54, 1.807) is 0 Å². The van der Waals surface area contributed by atoms with Crippen LogP contribution in [0.5, 0.6) is 5.75 Å². The van der Waals surface area contributed by atoms with E-state index in [0.717, 1.165) is 6.42 Å². The lowest BCUT2D eigenvalue weighted by Gasteiger charge is -2.54. The third-order valence-corrected chi connectivity index (χ3v) is 7.76. The SMILES string of the molecule is CCOc1ccccc1N1C(=O)[C@@H]2C3c4ccccc4C(CC)(c4ccccc43)[C@@H]2C1=O. The Morgan fingerprint density at radius 1 is 0.812 bits per heavy atom. The van der Waals surface area contributed by atoms with E-state index in [-0.39, 0.29) is 17.7 Å². The smallest absolute Gasteiger partial charge is 0.239 e. The molecule has 32 heavy (non-hydrogen) atoms. The van der Waals surface area contributed by atoms with Crippen molar-refractivity contribution in [2.45, 2.75) is 31.6 Å². The number of anilines is 1. The summed E-state index contributed by atoms with van der Waals surface area (Å²) in [5.41, 5.74) is 4.83. The zero-order chi connectivity index (χ0) is 22.0. The van der Waals surface area contributed by atoms with Crippen LogP contribution in [0, 0.1) is 11.8 Å². The van der Waals surface area contributed by atoms with Crippen LogP contribution in [0.25, 0.3) is 0 Å². The Labute approximate surface area is 187 Å². The summed E-state index contributed by atoms with van der Waals surface area (Å²) in [7, 11) is 0. The van der Waals surface area contributed by atoms with Gasteiger partial charge in [-0.2, -0.15) is 0 Å². The molecule has 1 heterocycles. The van der Waals surface area contributed by atoms with Crippen molar-refractivity contribution < 1.29 is 14.3 Å². The maximum absolute atomic E-state index is 14.1. The standard InChI is InChI=1S/C28H25NO3/c1-3-28-19-13-7-5-11-17(19)23(18-12-6-8-14-20(18)28)24-25(28)27(31)29(26(24)30)21-15-9-10-16-22(21)32-4-2/h5-16,23-25H,3-4H2,1-2H3/t23?,24-,25+,28?/m1/s1. The molecule has 0 aromatic heterocycles. The Bertz CT molecular complexity index is 1220. The normalized spacial score (nSPS) is 27.2. The molecule has 0 radical (unpaired) electrons. The molecule has 2 atom stereocenters. The summed E-state index contributed by atoms with van der Waals surface area (Å²) in [6, 6.07) is 24.2. The highest BCUT2D eigenvalue weighted by Crippen LogP contribution is 2.65. The van der Waals surface area contributed by atoms with Gasteiger partial charge in [-0.1, -0.05) is 67.6 Å². The van der Waals surface area contributed by atoms with Gasteiger partial charge in [0.25, 0.3) is 0 Å². The number of carbonyl (C=O) groups is 2. The lowest BCUT2D eigenvalue weighted by atomic mass is 9.46. The summed E-state index contributed by atoms with van der Waals surface area (Å²) >= 11 is 0. The van der Waals surface area contributed by atoms with Crippen LogP contribution in [0.1, 0.15) is 48.4 Å². The molecule has 4 nitrogen and oxygen atoms in total. The average molecular weight is 424 g/mol. The number of carbonyl (C=O) groups excluding carboxylic acids is 2. The highest BCUT2D eigenvalue weighted by molar-refractivity contribution is 6.24. The van der Waals surface area contributed by atoms with Gasteiger partial charge in [0, 0.05) is 11.3 Å². The van der Waals surface area contributed by atoms with Crippen molar-refractivity contribution in [3.63, 3.8) is 0 Å². The van der Waals surface area contributed by atoms with Crippen LogP contribution in [0.3, 0.4) is 0 Å². The number of para-hydroxylation sites is 2. The first-order valence-corrected chi connectivity index (χ1v) is 11.4. The monoisotopic (exact) mass is 423 g/mol. The van der Waals surface area contributed by atoms with Gasteiger partial charge in [-0.15, -0.1) is 0 Å². The van der Waals surface area contributed by atoms with Crippen molar-refractivity contribution in [1.29, 1.82) is 0 Å². The zero-order valence-corrected chi connectivity index (χ0v) is 18.2. The molecule has 2 amide bonds. The average Bonchev–Trinajstić information content (AvgIpc) is 3.10. The Hall–Kier alpha value is -3.40. The van der Waals surface area contributed by atoms with Crippen LogP contribution in [0.2, 0.25) is 0 Å². The second-order valence-corrected chi connectivity index (χ2v) is 8.89. The molecule has 3 aliphatic carbocycles. The lowest BCUT2D eigenvalue weighted by molar-refractivity contribution is -0.123. The van der Waals surface area contributed by atoms with Crippen molar-refractivity contribution in [1.82, 2.24) is 0 Å². The van der Waals surface area contributed by atoms with E-state index in [4.69, 9.17) is 4.74 Å². The van der Waals surface area contributed by atoms with Gasteiger partial charge in [0.05, 0.1) is 24.1 Å². The molecule has 3 aromatic rings. The van der Waals surface area contributed by atoms with Crippen molar-refractivity contribution >= 4 is 17.5 Å². The topological polar surface area (TPSA) is 46.6 Å². The first-order valence-electron chi connectivity index (χ1n) is 11.4. The largest absolute Gasteiger partial charge is 0.492 e. The third-order valence-electron chi connectivity index (χ3n) is 7.76. The van der Waals surface area contributed by atoms with Crippen LogP contribution >= 0.6 is 0 Å². The molecule has 7 rings (SSSR count). The second-order valence-electron chi connectivity index (χ2n) is 8.89. The Kier molecular flexibility index (Phi) is 4.10. The Morgan fingerprint density at radius 2 is 1.41 bits per heavy atom. The van der Waals surface area contributed by atoms with E-state index in [1.165, 1.54) is 27.2 Å². The van der Waals surface area contributed by atoms with Crippen LogP contribution in [0.15, 0.2) is 72.8 Å². The fraction of sp³-hybridized carbons (Fsp3) is 0.286. The molecule has 0 spiro atoms. The van der Waals surface area contributed by atoms with Gasteiger partial charge in [0.1, 0.15) is 5.75 Å². The molecule has 0 saturated carbocycles. The molecule has 0 unspecified atom stereocenters. The van der Waals surface area contributed by atoms with Gasteiger partial charge in [-0.05, 0) is 47.7 Å². The summed E-state index contributed by atoms with van der Waals surface area (Å²) in [5.74, 6) is -0.571. The summed E-state index contributed by atoms with van der Waals surface area (Å²) in [4.78, 5) is 29.6.